The molecule has 0 atom stereocenters. The molecular weight excluding hydrogens is 400 g/mol. The molecule has 0 spiro atoms. The SMILES string of the molecule is O=C(Nc1nc2c(s1)CN(C(=O)c1cc3ccccc3[nH]1)CC2)C1CCC(O)CC1. The molecule has 1 fully saturated rings. The highest BCUT2D eigenvalue weighted by atomic mass is 32.1. The largest absolute Gasteiger partial charge is 0.393 e. The zero-order valence-corrected chi connectivity index (χ0v) is 17.4. The monoisotopic (exact) mass is 424 g/mol. The normalized spacial score (nSPS) is 21.4. The molecule has 1 saturated carbocycles. The molecule has 0 bridgehead atoms. The van der Waals surface area contributed by atoms with Crippen LogP contribution in [0.3, 0.4) is 0 Å². The molecule has 2 amide bonds. The number of nitrogens with one attached hydrogen (secondary N) is 2. The highest BCUT2D eigenvalue weighted by Crippen LogP contribution is 2.31. The minimum atomic E-state index is -0.276. The molecule has 30 heavy (non-hydrogen) atoms. The summed E-state index contributed by atoms with van der Waals surface area (Å²) >= 11 is 1.45. The Kier molecular flexibility index (Phi) is 5.04. The van der Waals surface area contributed by atoms with E-state index in [-0.39, 0.29) is 23.8 Å². The lowest BCUT2D eigenvalue weighted by Gasteiger charge is -2.25. The summed E-state index contributed by atoms with van der Waals surface area (Å²) in [4.78, 5) is 36.2. The molecule has 3 aromatic rings. The van der Waals surface area contributed by atoms with Crippen molar-refractivity contribution in [3.8, 4) is 0 Å². The maximum absolute atomic E-state index is 13.0. The number of aliphatic hydroxyl groups excluding tert-OH is 1. The molecule has 8 heteroatoms. The van der Waals surface area contributed by atoms with Crippen LogP contribution in [-0.4, -0.2) is 44.4 Å². The first-order chi connectivity index (χ1) is 14.6. The van der Waals surface area contributed by atoms with Crippen molar-refractivity contribution in [1.82, 2.24) is 14.9 Å². The van der Waals surface area contributed by atoms with Crippen LogP contribution in [0, 0.1) is 5.92 Å². The fourth-order valence-electron chi connectivity index (χ4n) is 4.33. The van der Waals surface area contributed by atoms with E-state index in [1.807, 2.05) is 35.2 Å². The molecule has 0 saturated heterocycles. The molecule has 3 N–H and O–H groups in total. The minimum Gasteiger partial charge on any atom is -0.393 e. The van der Waals surface area contributed by atoms with Gasteiger partial charge in [-0.2, -0.15) is 0 Å². The standard InChI is InChI=1S/C22H24N4O3S/c27-15-7-5-13(6-8-15)20(28)25-22-24-17-9-10-26(12-19(17)30-22)21(29)18-11-14-3-1-2-4-16(14)23-18/h1-4,11,13,15,23,27H,5-10,12H2,(H,24,25,28). The lowest BCUT2D eigenvalue weighted by molar-refractivity contribution is -0.121. The second-order valence-corrected chi connectivity index (χ2v) is 9.21. The smallest absolute Gasteiger partial charge is 0.270 e. The van der Waals surface area contributed by atoms with E-state index in [2.05, 4.69) is 15.3 Å². The number of thiazole rings is 1. The van der Waals surface area contributed by atoms with E-state index < -0.39 is 0 Å². The molecule has 0 unspecified atom stereocenters. The third-order valence-corrected chi connectivity index (χ3v) is 7.07. The summed E-state index contributed by atoms with van der Waals surface area (Å²) in [7, 11) is 0. The van der Waals surface area contributed by atoms with Crippen molar-refractivity contribution in [3.63, 3.8) is 0 Å². The van der Waals surface area contributed by atoms with Gasteiger partial charge in [-0.1, -0.05) is 29.5 Å². The molecule has 1 aliphatic carbocycles. The van der Waals surface area contributed by atoms with E-state index in [4.69, 9.17) is 0 Å². The number of anilines is 1. The Bertz CT molecular complexity index is 1060. The van der Waals surface area contributed by atoms with Gasteiger partial charge in [0.2, 0.25) is 5.91 Å². The lowest BCUT2D eigenvalue weighted by atomic mass is 9.87. The predicted octanol–water partition coefficient (Wildman–Crippen LogP) is 3.31. The van der Waals surface area contributed by atoms with Crippen LogP contribution in [0.25, 0.3) is 10.9 Å². The molecule has 3 heterocycles. The molecule has 0 radical (unpaired) electrons. The quantitative estimate of drug-likeness (QED) is 0.601. The first-order valence-corrected chi connectivity index (χ1v) is 11.2. The fraction of sp³-hybridized carbons (Fsp3) is 0.409. The molecule has 1 aromatic carbocycles. The summed E-state index contributed by atoms with van der Waals surface area (Å²) in [5, 5.41) is 14.2. The number of aromatic amines is 1. The number of hydrogen-bond acceptors (Lipinski definition) is 5. The van der Waals surface area contributed by atoms with Crippen LogP contribution in [0.2, 0.25) is 0 Å². The van der Waals surface area contributed by atoms with Gasteiger partial charge < -0.3 is 20.3 Å². The summed E-state index contributed by atoms with van der Waals surface area (Å²) in [6.45, 7) is 1.12. The Morgan fingerprint density at radius 3 is 2.80 bits per heavy atom. The number of fused-ring (bicyclic) bond motifs is 2. The zero-order valence-electron chi connectivity index (χ0n) is 16.6. The average Bonchev–Trinajstić information content (AvgIpc) is 3.36. The van der Waals surface area contributed by atoms with Gasteiger partial charge in [-0.25, -0.2) is 4.98 Å². The topological polar surface area (TPSA) is 98.3 Å². The second-order valence-electron chi connectivity index (χ2n) is 8.13. The Morgan fingerprint density at radius 1 is 1.20 bits per heavy atom. The number of hydrogen-bond donors (Lipinski definition) is 3. The first-order valence-electron chi connectivity index (χ1n) is 10.4. The van der Waals surface area contributed by atoms with Crippen LogP contribution in [0.15, 0.2) is 30.3 Å². The number of amides is 2. The van der Waals surface area contributed by atoms with Gasteiger partial charge in [0.15, 0.2) is 5.13 Å². The number of benzene rings is 1. The van der Waals surface area contributed by atoms with Crippen LogP contribution in [0.4, 0.5) is 5.13 Å². The summed E-state index contributed by atoms with van der Waals surface area (Å²) < 4.78 is 0. The van der Waals surface area contributed by atoms with E-state index in [1.54, 1.807) is 0 Å². The van der Waals surface area contributed by atoms with Gasteiger partial charge in [-0.05, 0) is 37.8 Å². The van der Waals surface area contributed by atoms with Crippen molar-refractivity contribution in [2.75, 3.05) is 11.9 Å². The summed E-state index contributed by atoms with van der Waals surface area (Å²) in [6.07, 6.45) is 3.19. The van der Waals surface area contributed by atoms with Crippen molar-refractivity contribution in [1.29, 1.82) is 0 Å². The summed E-state index contributed by atoms with van der Waals surface area (Å²) in [5.41, 5.74) is 2.52. The maximum Gasteiger partial charge on any atom is 0.270 e. The number of H-pyrrole nitrogens is 1. The molecule has 1 aliphatic heterocycles. The number of para-hydroxylation sites is 1. The van der Waals surface area contributed by atoms with E-state index in [9.17, 15) is 14.7 Å². The molecule has 5 rings (SSSR count). The highest BCUT2D eigenvalue weighted by molar-refractivity contribution is 7.15. The predicted molar refractivity (Wildman–Crippen MR) is 115 cm³/mol. The van der Waals surface area contributed by atoms with E-state index in [1.165, 1.54) is 11.3 Å². The average molecular weight is 425 g/mol. The van der Waals surface area contributed by atoms with Crippen molar-refractivity contribution < 1.29 is 14.7 Å². The van der Waals surface area contributed by atoms with Crippen LogP contribution in [0.5, 0.6) is 0 Å². The third-order valence-electron chi connectivity index (χ3n) is 6.08. The van der Waals surface area contributed by atoms with Crippen LogP contribution in [-0.2, 0) is 17.8 Å². The van der Waals surface area contributed by atoms with Crippen LogP contribution < -0.4 is 5.32 Å². The van der Waals surface area contributed by atoms with Gasteiger partial charge in [0, 0.05) is 34.7 Å². The number of carbonyl (C=O) groups is 2. The number of aliphatic hydroxyl groups is 1. The molecule has 156 valence electrons. The van der Waals surface area contributed by atoms with Crippen molar-refractivity contribution in [2.45, 2.75) is 44.8 Å². The third kappa shape index (κ3) is 3.73. The van der Waals surface area contributed by atoms with Gasteiger partial charge in [-0.3, -0.25) is 9.59 Å². The fourth-order valence-corrected chi connectivity index (χ4v) is 5.35. The molecule has 7 nitrogen and oxygen atoms in total. The number of rotatable bonds is 3. The van der Waals surface area contributed by atoms with Crippen molar-refractivity contribution in [3.05, 3.63) is 46.6 Å². The molecule has 2 aromatic heterocycles. The Labute approximate surface area is 178 Å². The Hall–Kier alpha value is -2.71. The zero-order chi connectivity index (χ0) is 20.7. The second kappa shape index (κ2) is 7.85. The Morgan fingerprint density at radius 2 is 2.00 bits per heavy atom. The highest BCUT2D eigenvalue weighted by Gasteiger charge is 2.28. The van der Waals surface area contributed by atoms with Gasteiger partial charge in [0.05, 0.1) is 18.3 Å². The minimum absolute atomic E-state index is 0.0148. The summed E-state index contributed by atoms with van der Waals surface area (Å²) in [6, 6.07) is 9.75. The van der Waals surface area contributed by atoms with Gasteiger partial charge in [0.1, 0.15) is 5.69 Å². The van der Waals surface area contributed by atoms with Gasteiger partial charge >= 0.3 is 0 Å². The van der Waals surface area contributed by atoms with Gasteiger partial charge in [0.25, 0.3) is 5.91 Å². The number of nitrogens with zero attached hydrogens (tertiary/aromatic N) is 2. The van der Waals surface area contributed by atoms with E-state index in [0.717, 1.165) is 21.5 Å². The number of carbonyl (C=O) groups excluding carboxylic acids is 2. The number of aromatic nitrogens is 2. The maximum atomic E-state index is 13.0. The Balaban J connectivity index is 1.26. The van der Waals surface area contributed by atoms with Crippen molar-refractivity contribution in [2.24, 2.45) is 5.92 Å². The molecular formula is C22H24N4O3S. The summed E-state index contributed by atoms with van der Waals surface area (Å²) in [5.74, 6) is -0.0926. The molecule has 2 aliphatic rings. The van der Waals surface area contributed by atoms with Crippen LogP contribution >= 0.6 is 11.3 Å². The lowest BCUT2D eigenvalue weighted by Crippen LogP contribution is -2.35. The van der Waals surface area contributed by atoms with Gasteiger partial charge in [-0.15, -0.1) is 0 Å². The van der Waals surface area contributed by atoms with E-state index >= 15 is 0 Å². The van der Waals surface area contributed by atoms with Crippen molar-refractivity contribution >= 4 is 39.2 Å². The van der Waals surface area contributed by atoms with E-state index in [0.29, 0.717) is 56.0 Å². The van der Waals surface area contributed by atoms with Crippen LogP contribution in [0.1, 0.15) is 46.7 Å². The first kappa shape index (κ1) is 19.3.